The van der Waals surface area contributed by atoms with Crippen molar-refractivity contribution < 1.29 is 19.2 Å². The minimum absolute atomic E-state index is 0.353. The van der Waals surface area contributed by atoms with Gasteiger partial charge in [-0.05, 0) is 13.3 Å². The molecule has 5 nitrogen and oxygen atoms in total. The lowest BCUT2D eigenvalue weighted by molar-refractivity contribution is -0.140. The Balaban J connectivity index is 2.79. The molecule has 82 valence electrons. The quantitative estimate of drug-likeness (QED) is 0.535. The van der Waals surface area contributed by atoms with Gasteiger partial charge in [0.1, 0.15) is 0 Å². The summed E-state index contributed by atoms with van der Waals surface area (Å²) < 4.78 is 4.59. The Morgan fingerprint density at radius 3 is 2.53 bits per heavy atom. The molecule has 0 atom stereocenters. The zero-order valence-electron chi connectivity index (χ0n) is 8.70. The van der Waals surface area contributed by atoms with Gasteiger partial charge in [0.2, 0.25) is 0 Å². The highest BCUT2D eigenvalue weighted by Crippen LogP contribution is 2.25. The smallest absolute Gasteiger partial charge is 0.352 e. The van der Waals surface area contributed by atoms with E-state index in [-0.39, 0.29) is 5.97 Å². The van der Waals surface area contributed by atoms with E-state index in [0.29, 0.717) is 24.0 Å². The van der Waals surface area contributed by atoms with Gasteiger partial charge in [0.05, 0.1) is 7.11 Å². The first-order chi connectivity index (χ1) is 7.10. The van der Waals surface area contributed by atoms with Gasteiger partial charge < -0.3 is 9.57 Å². The monoisotopic (exact) mass is 211 g/mol. The maximum atomic E-state index is 11.2. The Morgan fingerprint density at radius 2 is 2.07 bits per heavy atom. The number of hydrogen-bond acceptors (Lipinski definition) is 5. The molecule has 0 fully saturated rings. The van der Waals surface area contributed by atoms with Crippen LogP contribution in [0.2, 0.25) is 0 Å². The van der Waals surface area contributed by atoms with Crippen LogP contribution in [0.25, 0.3) is 0 Å². The molecule has 5 heteroatoms. The standard InChI is InChI=1S/C10H13NO4/c1-6-5-7(9(12)14-2)3-4-8(6)10(13)15-11/h3H,4-5,11H2,1-2H3. The Bertz CT molecular complexity index is 354. The third kappa shape index (κ3) is 2.44. The third-order valence-electron chi connectivity index (χ3n) is 2.32. The van der Waals surface area contributed by atoms with Crippen molar-refractivity contribution in [2.75, 3.05) is 7.11 Å². The van der Waals surface area contributed by atoms with Gasteiger partial charge in [-0.15, -0.1) is 0 Å². The minimum Gasteiger partial charge on any atom is -0.466 e. The summed E-state index contributed by atoms with van der Waals surface area (Å²) in [4.78, 5) is 26.5. The minimum atomic E-state index is -0.548. The molecule has 1 rings (SSSR count). The largest absolute Gasteiger partial charge is 0.466 e. The van der Waals surface area contributed by atoms with Gasteiger partial charge in [0.25, 0.3) is 0 Å². The molecule has 1 aliphatic rings. The lowest BCUT2D eigenvalue weighted by Gasteiger charge is -2.15. The van der Waals surface area contributed by atoms with Crippen LogP contribution in [0.15, 0.2) is 22.8 Å². The molecule has 0 saturated carbocycles. The summed E-state index contributed by atoms with van der Waals surface area (Å²) >= 11 is 0. The Kier molecular flexibility index (Phi) is 3.62. The van der Waals surface area contributed by atoms with Crippen molar-refractivity contribution in [1.29, 1.82) is 0 Å². The summed E-state index contributed by atoms with van der Waals surface area (Å²) in [6.07, 6.45) is 2.41. The van der Waals surface area contributed by atoms with Gasteiger partial charge in [-0.25, -0.2) is 9.59 Å². The number of carbonyl (C=O) groups is 2. The van der Waals surface area contributed by atoms with Crippen molar-refractivity contribution in [2.45, 2.75) is 19.8 Å². The molecule has 15 heavy (non-hydrogen) atoms. The van der Waals surface area contributed by atoms with E-state index in [1.165, 1.54) is 7.11 Å². The summed E-state index contributed by atoms with van der Waals surface area (Å²) in [7, 11) is 1.33. The summed E-state index contributed by atoms with van der Waals surface area (Å²) in [6.45, 7) is 1.77. The zero-order valence-corrected chi connectivity index (χ0v) is 8.70. The number of carbonyl (C=O) groups excluding carboxylic acids is 2. The molecule has 0 unspecified atom stereocenters. The summed E-state index contributed by atoms with van der Waals surface area (Å²) in [5, 5.41) is 0. The topological polar surface area (TPSA) is 78.6 Å². The van der Waals surface area contributed by atoms with Gasteiger partial charge in [-0.3, -0.25) is 0 Å². The second-order valence-corrected chi connectivity index (χ2v) is 3.27. The van der Waals surface area contributed by atoms with E-state index in [1.807, 2.05) is 0 Å². The van der Waals surface area contributed by atoms with E-state index in [9.17, 15) is 9.59 Å². The fourth-order valence-corrected chi connectivity index (χ4v) is 1.48. The normalized spacial score (nSPS) is 15.8. The fourth-order valence-electron chi connectivity index (χ4n) is 1.48. The van der Waals surface area contributed by atoms with Gasteiger partial charge in [-0.2, -0.15) is 5.90 Å². The zero-order chi connectivity index (χ0) is 11.4. The molecule has 0 aromatic carbocycles. The Morgan fingerprint density at radius 1 is 1.40 bits per heavy atom. The van der Waals surface area contributed by atoms with Crippen molar-refractivity contribution in [3.05, 3.63) is 22.8 Å². The lowest BCUT2D eigenvalue weighted by Crippen LogP contribution is -2.17. The Labute approximate surface area is 87.5 Å². The third-order valence-corrected chi connectivity index (χ3v) is 2.32. The number of ether oxygens (including phenoxy) is 1. The molecule has 0 spiro atoms. The van der Waals surface area contributed by atoms with E-state index in [2.05, 4.69) is 9.57 Å². The molecule has 0 saturated heterocycles. The SMILES string of the molecule is COC(=O)C1=CCC(C(=O)ON)=C(C)C1. The van der Waals surface area contributed by atoms with E-state index in [0.717, 1.165) is 5.57 Å². The highest BCUT2D eigenvalue weighted by Gasteiger charge is 2.21. The van der Waals surface area contributed by atoms with Crippen molar-refractivity contribution in [1.82, 2.24) is 0 Å². The van der Waals surface area contributed by atoms with Crippen molar-refractivity contribution in [3.8, 4) is 0 Å². The second kappa shape index (κ2) is 4.75. The molecule has 0 aromatic heterocycles. The van der Waals surface area contributed by atoms with Crippen LogP contribution in [0.5, 0.6) is 0 Å². The van der Waals surface area contributed by atoms with Crippen molar-refractivity contribution >= 4 is 11.9 Å². The van der Waals surface area contributed by atoms with E-state index >= 15 is 0 Å². The molecule has 2 N–H and O–H groups in total. The van der Waals surface area contributed by atoms with Crippen LogP contribution in [0.3, 0.4) is 0 Å². The van der Waals surface area contributed by atoms with E-state index in [1.54, 1.807) is 13.0 Å². The van der Waals surface area contributed by atoms with Gasteiger partial charge in [-0.1, -0.05) is 11.6 Å². The summed E-state index contributed by atoms with van der Waals surface area (Å²) in [5.41, 5.74) is 1.85. The molecule has 1 aliphatic carbocycles. The first-order valence-electron chi connectivity index (χ1n) is 4.47. The molecule has 0 heterocycles. The average molecular weight is 211 g/mol. The van der Waals surface area contributed by atoms with E-state index < -0.39 is 5.97 Å². The number of methoxy groups -OCH3 is 1. The molecule has 0 aromatic rings. The predicted molar refractivity (Wildman–Crippen MR) is 52.3 cm³/mol. The van der Waals surface area contributed by atoms with Crippen LogP contribution in [0.1, 0.15) is 19.8 Å². The highest BCUT2D eigenvalue weighted by molar-refractivity contribution is 5.94. The highest BCUT2D eigenvalue weighted by atomic mass is 16.7. The van der Waals surface area contributed by atoms with Crippen LogP contribution >= 0.6 is 0 Å². The molecule has 0 radical (unpaired) electrons. The average Bonchev–Trinajstić information content (AvgIpc) is 2.26. The number of hydrogen-bond donors (Lipinski definition) is 1. The first kappa shape index (κ1) is 11.5. The lowest BCUT2D eigenvalue weighted by atomic mass is 9.93. The van der Waals surface area contributed by atoms with Crippen LogP contribution < -0.4 is 5.90 Å². The van der Waals surface area contributed by atoms with Crippen molar-refractivity contribution in [2.24, 2.45) is 5.90 Å². The predicted octanol–water partition coefficient (Wildman–Crippen LogP) is 0.613. The molecule has 0 bridgehead atoms. The number of esters is 1. The maximum Gasteiger partial charge on any atom is 0.352 e. The first-order valence-corrected chi connectivity index (χ1v) is 4.47. The number of rotatable bonds is 2. The molecular weight excluding hydrogens is 198 g/mol. The Hall–Kier alpha value is -1.62. The van der Waals surface area contributed by atoms with Crippen LogP contribution in [-0.2, 0) is 19.2 Å². The van der Waals surface area contributed by atoms with Gasteiger partial charge in [0, 0.05) is 17.6 Å². The van der Waals surface area contributed by atoms with Gasteiger partial charge >= 0.3 is 11.9 Å². The van der Waals surface area contributed by atoms with Crippen LogP contribution in [0.4, 0.5) is 0 Å². The number of nitrogens with two attached hydrogens (primary N) is 1. The molecule has 0 aliphatic heterocycles. The summed E-state index contributed by atoms with van der Waals surface area (Å²) in [6, 6.07) is 0. The number of allylic oxidation sites excluding steroid dienone is 2. The van der Waals surface area contributed by atoms with E-state index in [4.69, 9.17) is 5.90 Å². The maximum absolute atomic E-state index is 11.2. The molecular formula is C10H13NO4. The van der Waals surface area contributed by atoms with Crippen molar-refractivity contribution in [3.63, 3.8) is 0 Å². The van der Waals surface area contributed by atoms with Crippen LogP contribution in [-0.4, -0.2) is 19.0 Å². The van der Waals surface area contributed by atoms with Gasteiger partial charge in [0.15, 0.2) is 0 Å². The molecule has 0 amide bonds. The fraction of sp³-hybridized carbons (Fsp3) is 0.400. The van der Waals surface area contributed by atoms with Crippen LogP contribution in [0, 0.1) is 0 Å². The summed E-state index contributed by atoms with van der Waals surface area (Å²) in [5.74, 6) is 3.88. The second-order valence-electron chi connectivity index (χ2n) is 3.27.